The van der Waals surface area contributed by atoms with Crippen molar-refractivity contribution in [3.05, 3.63) is 58.5 Å². The van der Waals surface area contributed by atoms with Gasteiger partial charge in [0.1, 0.15) is 0 Å². The maximum absolute atomic E-state index is 10.6. The maximum Gasteiger partial charge on any atom is 0.371 e. The van der Waals surface area contributed by atoms with Gasteiger partial charge in [0.05, 0.1) is 5.02 Å². The number of rotatable bonds is 1. The van der Waals surface area contributed by atoms with Gasteiger partial charge in [-0.3, -0.25) is 0 Å². The highest BCUT2D eigenvalue weighted by Crippen LogP contribution is 2.13. The lowest BCUT2D eigenvalue weighted by molar-refractivity contribution is 0.0662. The number of halogens is 1. The molecular weight excluding hydrogens is 240 g/mol. The molecule has 0 aliphatic carbocycles. The fourth-order valence-corrected chi connectivity index (χ4v) is 1.39. The summed E-state index contributed by atoms with van der Waals surface area (Å²) in [6.07, 6.45) is 0. The summed E-state index contributed by atoms with van der Waals surface area (Å²) in [4.78, 5) is 10.6. The minimum absolute atomic E-state index is 0.131. The molecule has 0 spiro atoms. The van der Waals surface area contributed by atoms with Gasteiger partial charge in [0, 0.05) is 5.56 Å². The summed E-state index contributed by atoms with van der Waals surface area (Å²) < 4.78 is 4.99. The molecule has 0 aliphatic heterocycles. The van der Waals surface area contributed by atoms with Crippen LogP contribution < -0.4 is 0 Å². The van der Waals surface area contributed by atoms with Crippen molar-refractivity contribution in [1.29, 1.82) is 0 Å². The molecule has 2 rings (SSSR count). The molecular formula is C13H7ClO3. The highest BCUT2D eigenvalue weighted by molar-refractivity contribution is 6.31. The number of carboxylic acids is 1. The van der Waals surface area contributed by atoms with E-state index in [2.05, 4.69) is 11.8 Å². The van der Waals surface area contributed by atoms with Crippen molar-refractivity contribution < 1.29 is 14.3 Å². The molecule has 17 heavy (non-hydrogen) atoms. The molecule has 0 bridgehead atoms. The first-order chi connectivity index (χ1) is 8.16. The van der Waals surface area contributed by atoms with Crippen LogP contribution >= 0.6 is 11.6 Å². The predicted octanol–water partition coefficient (Wildman–Crippen LogP) is 3.03. The second-order valence-corrected chi connectivity index (χ2v) is 3.61. The summed E-state index contributed by atoms with van der Waals surface area (Å²) in [5, 5.41) is 9.21. The van der Waals surface area contributed by atoms with Crippen LogP contribution in [0.15, 0.2) is 40.8 Å². The third-order valence-electron chi connectivity index (χ3n) is 2.01. The predicted molar refractivity (Wildman–Crippen MR) is 63.1 cm³/mol. The van der Waals surface area contributed by atoms with E-state index in [0.717, 1.165) is 0 Å². The molecule has 0 saturated heterocycles. The van der Waals surface area contributed by atoms with Crippen molar-refractivity contribution >= 4 is 17.6 Å². The quantitative estimate of drug-likeness (QED) is 0.787. The Kier molecular flexibility index (Phi) is 3.17. The van der Waals surface area contributed by atoms with Crippen molar-refractivity contribution in [2.45, 2.75) is 0 Å². The Hall–Kier alpha value is -2.18. The van der Waals surface area contributed by atoms with Crippen LogP contribution in [0.25, 0.3) is 0 Å². The average Bonchev–Trinajstić information content (AvgIpc) is 2.77. The van der Waals surface area contributed by atoms with E-state index < -0.39 is 5.97 Å². The maximum atomic E-state index is 10.6. The van der Waals surface area contributed by atoms with Gasteiger partial charge < -0.3 is 9.52 Å². The largest absolute Gasteiger partial charge is 0.475 e. The highest BCUT2D eigenvalue weighted by atomic mass is 35.5. The molecule has 1 aromatic heterocycles. The third kappa shape index (κ3) is 2.68. The summed E-state index contributed by atoms with van der Waals surface area (Å²) in [5.74, 6) is 4.57. The van der Waals surface area contributed by atoms with Crippen LogP contribution in [-0.2, 0) is 0 Å². The first-order valence-corrected chi connectivity index (χ1v) is 5.14. The Morgan fingerprint density at radius 1 is 1.18 bits per heavy atom. The van der Waals surface area contributed by atoms with Gasteiger partial charge in [-0.15, -0.1) is 0 Å². The molecule has 0 aliphatic rings. The van der Waals surface area contributed by atoms with Gasteiger partial charge in [-0.05, 0) is 30.2 Å². The van der Waals surface area contributed by atoms with Crippen molar-refractivity contribution in [3.63, 3.8) is 0 Å². The highest BCUT2D eigenvalue weighted by Gasteiger charge is 2.06. The normalized spacial score (nSPS) is 9.47. The second-order valence-electron chi connectivity index (χ2n) is 3.20. The van der Waals surface area contributed by atoms with E-state index in [9.17, 15) is 4.79 Å². The number of benzene rings is 1. The summed E-state index contributed by atoms with van der Waals surface area (Å²) >= 11 is 5.92. The Bertz CT molecular complexity index is 617. The summed E-state index contributed by atoms with van der Waals surface area (Å²) in [6, 6.07) is 10.0. The standard InChI is InChI=1S/C13H7ClO3/c14-11-4-2-1-3-9(11)5-6-10-7-8-12(17-10)13(15)16/h1-4,7-8H,(H,15,16). The first-order valence-electron chi connectivity index (χ1n) is 4.76. The molecule has 84 valence electrons. The molecule has 1 aromatic carbocycles. The average molecular weight is 247 g/mol. The van der Waals surface area contributed by atoms with Crippen molar-refractivity contribution in [1.82, 2.24) is 0 Å². The zero-order chi connectivity index (χ0) is 12.3. The molecule has 0 unspecified atom stereocenters. The van der Waals surface area contributed by atoms with Gasteiger partial charge in [0.2, 0.25) is 5.76 Å². The first kappa shape index (κ1) is 11.3. The van der Waals surface area contributed by atoms with Crippen LogP contribution in [-0.4, -0.2) is 11.1 Å². The molecule has 3 nitrogen and oxygen atoms in total. The minimum atomic E-state index is -1.12. The van der Waals surface area contributed by atoms with E-state index in [0.29, 0.717) is 16.3 Å². The van der Waals surface area contributed by atoms with E-state index in [4.69, 9.17) is 21.1 Å². The molecule has 4 heteroatoms. The Balaban J connectivity index is 2.27. The fraction of sp³-hybridized carbons (Fsp3) is 0. The van der Waals surface area contributed by atoms with E-state index >= 15 is 0 Å². The third-order valence-corrected chi connectivity index (χ3v) is 2.34. The van der Waals surface area contributed by atoms with E-state index in [1.165, 1.54) is 12.1 Å². The van der Waals surface area contributed by atoms with Gasteiger partial charge in [0.15, 0.2) is 5.76 Å². The number of carboxylic acid groups (broad SMARTS) is 1. The lowest BCUT2D eigenvalue weighted by atomic mass is 10.2. The van der Waals surface area contributed by atoms with Crippen LogP contribution in [0, 0.1) is 11.8 Å². The van der Waals surface area contributed by atoms with Crippen LogP contribution in [0.3, 0.4) is 0 Å². The van der Waals surface area contributed by atoms with Gasteiger partial charge in [-0.25, -0.2) is 4.79 Å². The number of carbonyl (C=O) groups is 1. The molecule has 0 radical (unpaired) electrons. The number of furan rings is 1. The minimum Gasteiger partial charge on any atom is -0.475 e. The summed E-state index contributed by atoms with van der Waals surface area (Å²) in [7, 11) is 0. The summed E-state index contributed by atoms with van der Waals surface area (Å²) in [5.41, 5.74) is 0.669. The van der Waals surface area contributed by atoms with Crippen LogP contribution in [0.1, 0.15) is 21.9 Å². The topological polar surface area (TPSA) is 50.4 Å². The molecule has 0 saturated carbocycles. The van der Waals surface area contributed by atoms with Crippen molar-refractivity contribution in [2.75, 3.05) is 0 Å². The zero-order valence-electron chi connectivity index (χ0n) is 8.61. The second kappa shape index (κ2) is 4.77. The van der Waals surface area contributed by atoms with Crippen LogP contribution in [0.5, 0.6) is 0 Å². The fourth-order valence-electron chi connectivity index (χ4n) is 1.21. The lowest BCUT2D eigenvalue weighted by Gasteiger charge is -1.91. The Labute approximate surface area is 103 Å². The smallest absolute Gasteiger partial charge is 0.371 e. The Morgan fingerprint density at radius 2 is 1.94 bits per heavy atom. The van der Waals surface area contributed by atoms with E-state index in [-0.39, 0.29) is 5.76 Å². The van der Waals surface area contributed by atoms with Gasteiger partial charge in [-0.2, -0.15) is 0 Å². The van der Waals surface area contributed by atoms with Gasteiger partial charge in [0.25, 0.3) is 0 Å². The molecule has 0 amide bonds. The van der Waals surface area contributed by atoms with Gasteiger partial charge >= 0.3 is 5.97 Å². The summed E-state index contributed by atoms with van der Waals surface area (Å²) in [6.45, 7) is 0. The molecule has 0 atom stereocenters. The monoisotopic (exact) mass is 246 g/mol. The number of hydrogen-bond donors (Lipinski definition) is 1. The zero-order valence-corrected chi connectivity index (χ0v) is 9.36. The van der Waals surface area contributed by atoms with E-state index in [1.807, 2.05) is 12.1 Å². The lowest BCUT2D eigenvalue weighted by Crippen LogP contribution is -1.91. The van der Waals surface area contributed by atoms with Gasteiger partial charge in [-0.1, -0.05) is 29.7 Å². The van der Waals surface area contributed by atoms with Crippen molar-refractivity contribution in [2.24, 2.45) is 0 Å². The number of aromatic carboxylic acids is 1. The molecule has 1 N–H and O–H groups in total. The molecule has 1 heterocycles. The molecule has 0 fully saturated rings. The Morgan fingerprint density at radius 3 is 2.59 bits per heavy atom. The van der Waals surface area contributed by atoms with E-state index in [1.54, 1.807) is 12.1 Å². The molecule has 2 aromatic rings. The number of hydrogen-bond acceptors (Lipinski definition) is 2. The van der Waals surface area contributed by atoms with Crippen LogP contribution in [0.4, 0.5) is 0 Å². The SMILES string of the molecule is O=C(O)c1ccc(C#Cc2ccccc2Cl)o1. The van der Waals surface area contributed by atoms with Crippen LogP contribution in [0.2, 0.25) is 5.02 Å². The van der Waals surface area contributed by atoms with Crippen molar-refractivity contribution in [3.8, 4) is 11.8 Å².